The highest BCUT2D eigenvalue weighted by Gasteiger charge is 2.42. The monoisotopic (exact) mass is 367 g/mol. The first-order valence-corrected chi connectivity index (χ1v) is 7.39. The molecule has 1 aliphatic rings. The number of benzene rings is 1. The Kier molecular flexibility index (Phi) is 4.91. The minimum absolute atomic E-state index is 0.0996. The summed E-state index contributed by atoms with van der Waals surface area (Å²) in [4.78, 5) is 12.0. The highest BCUT2D eigenvalue weighted by Crippen LogP contribution is 2.37. The number of halogens is 5. The number of hydrogen-bond donors (Lipinski definition) is 1. The van der Waals surface area contributed by atoms with Crippen LogP contribution < -0.4 is 5.32 Å². The topological polar surface area (TPSA) is 29.1 Å². The van der Waals surface area contributed by atoms with Gasteiger partial charge in [-0.1, -0.05) is 6.42 Å². The quantitative estimate of drug-likeness (QED) is 0.769. The second kappa shape index (κ2) is 6.34. The molecule has 0 aromatic heterocycles. The van der Waals surface area contributed by atoms with Gasteiger partial charge < -0.3 is 5.32 Å². The van der Waals surface area contributed by atoms with Gasteiger partial charge in [0.15, 0.2) is 0 Å². The molecule has 1 saturated carbocycles. The highest BCUT2D eigenvalue weighted by atomic mass is 79.9. The minimum Gasteiger partial charge on any atom is -0.349 e. The van der Waals surface area contributed by atoms with Crippen molar-refractivity contribution >= 4 is 21.8 Å². The number of hydrogen-bond acceptors (Lipinski definition) is 1. The molecule has 0 heterocycles. The van der Waals surface area contributed by atoms with Crippen molar-refractivity contribution in [2.24, 2.45) is 5.92 Å². The van der Waals surface area contributed by atoms with E-state index in [4.69, 9.17) is 0 Å². The molecule has 1 aromatic carbocycles. The van der Waals surface area contributed by atoms with E-state index in [1.165, 1.54) is 12.1 Å². The maximum atomic E-state index is 13.1. The summed E-state index contributed by atoms with van der Waals surface area (Å²) in [6.07, 6.45) is -3.25. The third-order valence-corrected chi connectivity index (χ3v) is 4.26. The van der Waals surface area contributed by atoms with E-state index < -0.39 is 29.9 Å². The summed E-state index contributed by atoms with van der Waals surface area (Å²) in [6, 6.07) is 3.26. The Morgan fingerprint density at radius 2 is 2.00 bits per heavy atom. The molecule has 2 rings (SSSR count). The molecule has 1 aromatic rings. The van der Waals surface area contributed by atoms with Gasteiger partial charge in [0.1, 0.15) is 5.82 Å². The lowest BCUT2D eigenvalue weighted by atomic mass is 9.85. The average Bonchev–Trinajstić information content (AvgIpc) is 2.41. The van der Waals surface area contributed by atoms with E-state index in [0.717, 1.165) is 6.07 Å². The zero-order valence-corrected chi connectivity index (χ0v) is 12.6. The number of carbonyl (C=O) groups is 1. The zero-order chi connectivity index (χ0) is 15.6. The van der Waals surface area contributed by atoms with Crippen LogP contribution in [0.4, 0.5) is 17.6 Å². The fourth-order valence-electron chi connectivity index (χ4n) is 2.52. The molecule has 2 nitrogen and oxygen atoms in total. The molecule has 0 spiro atoms. The molecule has 0 bridgehead atoms. The standard InChI is InChI=1S/C14H14BrF4NO/c15-11-6-8(4-5-12(11)16)13(21)20-10-3-1-2-9(7-10)14(17,18)19/h4-6,9-10H,1-3,7H2,(H,20,21). The van der Waals surface area contributed by atoms with E-state index >= 15 is 0 Å². The predicted molar refractivity (Wildman–Crippen MR) is 73.4 cm³/mol. The van der Waals surface area contributed by atoms with Crippen LogP contribution in [-0.2, 0) is 0 Å². The summed E-state index contributed by atoms with van der Waals surface area (Å²) in [7, 11) is 0. The summed E-state index contributed by atoms with van der Waals surface area (Å²) in [5, 5.41) is 2.60. The van der Waals surface area contributed by atoms with Crippen molar-refractivity contribution in [2.45, 2.75) is 37.9 Å². The average molecular weight is 368 g/mol. The maximum absolute atomic E-state index is 13.1. The second-order valence-electron chi connectivity index (χ2n) is 5.20. The van der Waals surface area contributed by atoms with Gasteiger partial charge in [0.05, 0.1) is 10.4 Å². The van der Waals surface area contributed by atoms with E-state index in [0.29, 0.717) is 12.8 Å². The van der Waals surface area contributed by atoms with Crippen LogP contribution in [0.15, 0.2) is 22.7 Å². The summed E-state index contributed by atoms with van der Waals surface area (Å²) >= 11 is 2.97. The van der Waals surface area contributed by atoms with E-state index in [-0.39, 0.29) is 22.9 Å². The normalized spacial score (nSPS) is 22.9. The van der Waals surface area contributed by atoms with Crippen molar-refractivity contribution in [3.05, 3.63) is 34.1 Å². The van der Waals surface area contributed by atoms with Crippen LogP contribution in [0.3, 0.4) is 0 Å². The van der Waals surface area contributed by atoms with Crippen molar-refractivity contribution in [1.29, 1.82) is 0 Å². The van der Waals surface area contributed by atoms with Gasteiger partial charge >= 0.3 is 6.18 Å². The molecular weight excluding hydrogens is 354 g/mol. The third-order valence-electron chi connectivity index (χ3n) is 3.65. The number of carbonyl (C=O) groups excluding carboxylic acids is 1. The molecule has 21 heavy (non-hydrogen) atoms. The molecule has 0 radical (unpaired) electrons. The summed E-state index contributed by atoms with van der Waals surface area (Å²) in [6.45, 7) is 0. The fourth-order valence-corrected chi connectivity index (χ4v) is 2.90. The molecule has 1 fully saturated rings. The summed E-state index contributed by atoms with van der Waals surface area (Å²) in [5.41, 5.74) is 0.220. The largest absolute Gasteiger partial charge is 0.391 e. The van der Waals surface area contributed by atoms with Crippen LogP contribution in [0, 0.1) is 11.7 Å². The van der Waals surface area contributed by atoms with Crippen LogP contribution in [-0.4, -0.2) is 18.1 Å². The molecule has 1 aliphatic carbocycles. The Hall–Kier alpha value is -1.11. The van der Waals surface area contributed by atoms with Crippen molar-refractivity contribution in [1.82, 2.24) is 5.32 Å². The predicted octanol–water partition coefficient (Wildman–Crippen LogP) is 4.44. The number of amides is 1. The molecule has 116 valence electrons. The van der Waals surface area contributed by atoms with Crippen LogP contribution in [0.1, 0.15) is 36.0 Å². The van der Waals surface area contributed by atoms with Crippen LogP contribution in [0.25, 0.3) is 0 Å². The molecule has 0 aliphatic heterocycles. The Bertz CT molecular complexity index is 532. The lowest BCUT2D eigenvalue weighted by Crippen LogP contribution is -2.41. The number of alkyl halides is 3. The lowest BCUT2D eigenvalue weighted by molar-refractivity contribution is -0.183. The van der Waals surface area contributed by atoms with Gasteiger partial charge in [0.25, 0.3) is 5.91 Å². The van der Waals surface area contributed by atoms with Gasteiger partial charge in [0, 0.05) is 11.6 Å². The first kappa shape index (κ1) is 16.3. The second-order valence-corrected chi connectivity index (χ2v) is 6.06. The first-order chi connectivity index (χ1) is 9.77. The Balaban J connectivity index is 2.00. The van der Waals surface area contributed by atoms with Crippen molar-refractivity contribution in [3.8, 4) is 0 Å². The molecule has 0 saturated heterocycles. The number of rotatable bonds is 2. The van der Waals surface area contributed by atoms with Gasteiger partial charge in [-0.15, -0.1) is 0 Å². The van der Waals surface area contributed by atoms with Crippen molar-refractivity contribution < 1.29 is 22.4 Å². The molecular formula is C14H14BrF4NO. The van der Waals surface area contributed by atoms with Crippen LogP contribution >= 0.6 is 15.9 Å². The Morgan fingerprint density at radius 1 is 1.29 bits per heavy atom. The van der Waals surface area contributed by atoms with Gasteiger partial charge in [-0.05, 0) is 53.4 Å². The Labute approximate surface area is 128 Å². The lowest BCUT2D eigenvalue weighted by Gasteiger charge is -2.31. The van der Waals surface area contributed by atoms with E-state index in [2.05, 4.69) is 21.2 Å². The highest BCUT2D eigenvalue weighted by molar-refractivity contribution is 9.10. The first-order valence-electron chi connectivity index (χ1n) is 6.60. The van der Waals surface area contributed by atoms with Crippen LogP contribution in [0.5, 0.6) is 0 Å². The molecule has 7 heteroatoms. The van der Waals surface area contributed by atoms with E-state index in [1.807, 2.05) is 0 Å². The van der Waals surface area contributed by atoms with Crippen molar-refractivity contribution in [3.63, 3.8) is 0 Å². The van der Waals surface area contributed by atoms with E-state index in [9.17, 15) is 22.4 Å². The minimum atomic E-state index is -4.22. The summed E-state index contributed by atoms with van der Waals surface area (Å²) < 4.78 is 51.4. The maximum Gasteiger partial charge on any atom is 0.391 e. The molecule has 1 amide bonds. The smallest absolute Gasteiger partial charge is 0.349 e. The van der Waals surface area contributed by atoms with Crippen molar-refractivity contribution in [2.75, 3.05) is 0 Å². The molecule has 1 N–H and O–H groups in total. The van der Waals surface area contributed by atoms with Gasteiger partial charge in [0.2, 0.25) is 0 Å². The van der Waals surface area contributed by atoms with Gasteiger partial charge in [-0.2, -0.15) is 13.2 Å². The SMILES string of the molecule is O=C(NC1CCCC(C(F)(F)F)C1)c1ccc(F)c(Br)c1. The van der Waals surface area contributed by atoms with Gasteiger partial charge in [-0.3, -0.25) is 4.79 Å². The van der Waals surface area contributed by atoms with E-state index in [1.54, 1.807) is 0 Å². The molecule has 2 unspecified atom stereocenters. The zero-order valence-electron chi connectivity index (χ0n) is 11.0. The fraction of sp³-hybridized carbons (Fsp3) is 0.500. The summed E-state index contributed by atoms with van der Waals surface area (Å²) in [5.74, 6) is -2.35. The Morgan fingerprint density at radius 3 is 2.62 bits per heavy atom. The third kappa shape index (κ3) is 4.18. The van der Waals surface area contributed by atoms with Gasteiger partial charge in [-0.25, -0.2) is 4.39 Å². The number of nitrogens with one attached hydrogen (secondary N) is 1. The molecule has 2 atom stereocenters. The van der Waals surface area contributed by atoms with Crippen LogP contribution in [0.2, 0.25) is 0 Å².